The topological polar surface area (TPSA) is 95.7 Å². The number of likely N-dealkylation sites (tertiary alicyclic amines) is 1. The number of aliphatic carboxylic acids is 1. The summed E-state index contributed by atoms with van der Waals surface area (Å²) in [6.07, 6.45) is 0.167. The average molecular weight is 475 g/mol. The second kappa shape index (κ2) is 8.74. The highest BCUT2D eigenvalue weighted by Crippen LogP contribution is 2.51. The third kappa shape index (κ3) is 4.33. The van der Waals surface area contributed by atoms with Crippen LogP contribution in [0.5, 0.6) is 0 Å². The molecular formula is C20H25F3N4O4S. The lowest BCUT2D eigenvalue weighted by atomic mass is 9.87. The Bertz CT molecular complexity index is 1080. The number of carboxylic acid groups (broad SMARTS) is 1. The van der Waals surface area contributed by atoms with E-state index in [1.807, 2.05) is 35.1 Å². The predicted molar refractivity (Wildman–Crippen MR) is 112 cm³/mol. The zero-order valence-electron chi connectivity index (χ0n) is 17.7. The maximum atomic E-state index is 13.1. The molecule has 1 N–H and O–H groups in total. The van der Waals surface area contributed by atoms with Gasteiger partial charge in [0.05, 0.1) is 11.9 Å². The van der Waals surface area contributed by atoms with Crippen LogP contribution >= 0.6 is 0 Å². The lowest BCUT2D eigenvalue weighted by Gasteiger charge is -2.38. The average Bonchev–Trinajstić information content (AvgIpc) is 3.26. The van der Waals surface area contributed by atoms with Crippen molar-refractivity contribution in [3.05, 3.63) is 47.8 Å². The van der Waals surface area contributed by atoms with Gasteiger partial charge in [-0.1, -0.05) is 18.2 Å². The van der Waals surface area contributed by atoms with E-state index in [1.54, 1.807) is 7.05 Å². The smallest absolute Gasteiger partial charge is 0.475 e. The van der Waals surface area contributed by atoms with Gasteiger partial charge in [0, 0.05) is 45.0 Å². The Kier molecular flexibility index (Phi) is 6.57. The first-order chi connectivity index (χ1) is 14.9. The molecule has 176 valence electrons. The second-order valence-corrected chi connectivity index (χ2v) is 10.0. The van der Waals surface area contributed by atoms with Crippen LogP contribution in [0, 0.1) is 0 Å². The van der Waals surface area contributed by atoms with Crippen LogP contribution in [0.15, 0.2) is 36.7 Å². The molecule has 0 aliphatic carbocycles. The monoisotopic (exact) mass is 474 g/mol. The summed E-state index contributed by atoms with van der Waals surface area (Å²) in [6.45, 7) is 5.32. The number of halogens is 3. The van der Waals surface area contributed by atoms with Crippen LogP contribution < -0.4 is 4.31 Å². The maximum Gasteiger partial charge on any atom is 0.490 e. The van der Waals surface area contributed by atoms with Crippen LogP contribution in [0.25, 0.3) is 0 Å². The number of sulfonamides is 1. The lowest BCUT2D eigenvalue weighted by Crippen LogP contribution is -2.47. The molecule has 0 atom stereocenters. The molecule has 0 radical (unpaired) electrons. The van der Waals surface area contributed by atoms with Crippen LogP contribution in [-0.2, 0) is 32.7 Å². The van der Waals surface area contributed by atoms with Crippen molar-refractivity contribution >= 4 is 21.7 Å². The van der Waals surface area contributed by atoms with Gasteiger partial charge in [0.25, 0.3) is 0 Å². The molecule has 2 aliphatic heterocycles. The number of alkyl halides is 3. The molecule has 32 heavy (non-hydrogen) atoms. The standard InChI is InChI=1S/C18H24N4O2S.C2HF3O2/c1-3-22-14-15(12-19-22)13-21-10-8-18(9-11-21)16-6-4-5-7-17(16)20(2)25(18,23)24;3-2(4,5)1(6)7/h4-7,12,14H,3,8-11,13H2,1-2H3;(H,6,7). The molecule has 8 nitrogen and oxygen atoms in total. The number of carbonyl (C=O) groups is 1. The second-order valence-electron chi connectivity index (χ2n) is 7.77. The largest absolute Gasteiger partial charge is 0.490 e. The van der Waals surface area contributed by atoms with Crippen molar-refractivity contribution in [3.8, 4) is 0 Å². The number of aromatic nitrogens is 2. The maximum absolute atomic E-state index is 13.1. The minimum Gasteiger partial charge on any atom is -0.475 e. The van der Waals surface area contributed by atoms with E-state index in [0.29, 0.717) is 12.8 Å². The zero-order chi connectivity index (χ0) is 23.7. The van der Waals surface area contributed by atoms with E-state index in [1.165, 1.54) is 9.87 Å². The van der Waals surface area contributed by atoms with Crippen molar-refractivity contribution in [2.24, 2.45) is 0 Å². The molecular weight excluding hydrogens is 449 g/mol. The van der Waals surface area contributed by atoms with E-state index in [9.17, 15) is 21.6 Å². The van der Waals surface area contributed by atoms with Gasteiger partial charge in [-0.3, -0.25) is 13.9 Å². The number of fused-ring (bicyclic) bond motifs is 2. The third-order valence-corrected chi connectivity index (χ3v) is 8.45. The fourth-order valence-corrected chi connectivity index (χ4v) is 6.27. The summed E-state index contributed by atoms with van der Waals surface area (Å²) in [5, 5.41) is 11.4. The highest BCUT2D eigenvalue weighted by molar-refractivity contribution is 7.94. The van der Waals surface area contributed by atoms with Gasteiger partial charge >= 0.3 is 12.1 Å². The number of benzene rings is 1. The van der Waals surface area contributed by atoms with Gasteiger partial charge in [0.15, 0.2) is 0 Å². The van der Waals surface area contributed by atoms with Gasteiger partial charge in [0.2, 0.25) is 10.0 Å². The summed E-state index contributed by atoms with van der Waals surface area (Å²) in [7, 11) is -1.68. The highest BCUT2D eigenvalue weighted by Gasteiger charge is 2.55. The molecule has 1 saturated heterocycles. The number of piperidine rings is 1. The van der Waals surface area contributed by atoms with E-state index < -0.39 is 26.9 Å². The van der Waals surface area contributed by atoms with Crippen molar-refractivity contribution < 1.29 is 31.5 Å². The number of nitrogens with zero attached hydrogens (tertiary/aromatic N) is 4. The lowest BCUT2D eigenvalue weighted by molar-refractivity contribution is -0.192. The van der Waals surface area contributed by atoms with Gasteiger partial charge in [0.1, 0.15) is 4.75 Å². The third-order valence-electron chi connectivity index (χ3n) is 5.91. The Morgan fingerprint density at radius 1 is 1.22 bits per heavy atom. The Balaban J connectivity index is 0.000000360. The molecule has 0 unspecified atom stereocenters. The summed E-state index contributed by atoms with van der Waals surface area (Å²) >= 11 is 0. The Hall–Kier alpha value is -2.60. The van der Waals surface area contributed by atoms with Crippen molar-refractivity contribution in [3.63, 3.8) is 0 Å². The number of rotatable bonds is 3. The summed E-state index contributed by atoms with van der Waals surface area (Å²) in [4.78, 5) is 11.2. The molecule has 1 fully saturated rings. The molecule has 3 heterocycles. The van der Waals surface area contributed by atoms with E-state index in [0.717, 1.165) is 37.4 Å². The SMILES string of the molecule is CCn1cc(CN2CCC3(CC2)c2ccccc2N(C)S3(=O)=O)cn1.O=C(O)C(F)(F)F. The van der Waals surface area contributed by atoms with Crippen LogP contribution in [0.2, 0.25) is 0 Å². The van der Waals surface area contributed by atoms with Crippen molar-refractivity contribution in [2.75, 3.05) is 24.4 Å². The molecule has 1 spiro atoms. The number of hydrogen-bond donors (Lipinski definition) is 1. The van der Waals surface area contributed by atoms with Crippen LogP contribution in [0.1, 0.15) is 30.9 Å². The number of anilines is 1. The first-order valence-corrected chi connectivity index (χ1v) is 11.5. The number of hydrogen-bond acceptors (Lipinski definition) is 5. The van der Waals surface area contributed by atoms with E-state index >= 15 is 0 Å². The fourth-order valence-electron chi connectivity index (χ4n) is 4.18. The molecule has 12 heteroatoms. The molecule has 0 amide bonds. The predicted octanol–water partition coefficient (Wildman–Crippen LogP) is 2.81. The van der Waals surface area contributed by atoms with E-state index in [2.05, 4.69) is 23.1 Å². The molecule has 1 aromatic carbocycles. The summed E-state index contributed by atoms with van der Waals surface area (Å²) in [5.74, 6) is -2.76. The zero-order valence-corrected chi connectivity index (χ0v) is 18.5. The summed E-state index contributed by atoms with van der Waals surface area (Å²) in [6, 6.07) is 7.75. The molecule has 0 saturated carbocycles. The highest BCUT2D eigenvalue weighted by atomic mass is 32.2. The normalized spacial score (nSPS) is 19.3. The van der Waals surface area contributed by atoms with Crippen molar-refractivity contribution in [2.45, 2.75) is 43.8 Å². The van der Waals surface area contributed by atoms with Gasteiger partial charge in [-0.2, -0.15) is 18.3 Å². The van der Waals surface area contributed by atoms with Crippen LogP contribution in [-0.4, -0.2) is 60.5 Å². The van der Waals surface area contributed by atoms with Crippen LogP contribution in [0.4, 0.5) is 18.9 Å². The molecule has 4 rings (SSSR count). The van der Waals surface area contributed by atoms with Gasteiger partial charge in [-0.25, -0.2) is 13.2 Å². The molecule has 2 aliphatic rings. The van der Waals surface area contributed by atoms with E-state index in [-0.39, 0.29) is 0 Å². The summed E-state index contributed by atoms with van der Waals surface area (Å²) in [5.41, 5.74) is 2.99. The Labute approximate surface area is 184 Å². The fraction of sp³-hybridized carbons (Fsp3) is 0.500. The summed E-state index contributed by atoms with van der Waals surface area (Å²) < 4.78 is 60.6. The first-order valence-electron chi connectivity index (χ1n) is 10.0. The first kappa shape index (κ1) is 24.1. The number of carboxylic acids is 1. The molecule has 1 aromatic heterocycles. The van der Waals surface area contributed by atoms with Crippen molar-refractivity contribution in [1.29, 1.82) is 0 Å². The quantitative estimate of drug-likeness (QED) is 0.735. The van der Waals surface area contributed by atoms with Crippen molar-refractivity contribution in [1.82, 2.24) is 14.7 Å². The minimum atomic E-state index is -5.08. The Morgan fingerprint density at radius 2 is 1.81 bits per heavy atom. The number of aryl methyl sites for hydroxylation is 1. The molecule has 0 bridgehead atoms. The van der Waals surface area contributed by atoms with Crippen LogP contribution in [0.3, 0.4) is 0 Å². The van der Waals surface area contributed by atoms with E-state index in [4.69, 9.17) is 9.90 Å². The Morgan fingerprint density at radius 3 is 2.34 bits per heavy atom. The van der Waals surface area contributed by atoms with Gasteiger partial charge < -0.3 is 5.11 Å². The molecule has 2 aromatic rings. The van der Waals surface area contributed by atoms with Gasteiger partial charge in [-0.15, -0.1) is 0 Å². The minimum absolute atomic E-state index is 0.638. The number of para-hydroxylation sites is 1. The van der Waals surface area contributed by atoms with Gasteiger partial charge in [-0.05, 0) is 31.4 Å².